The van der Waals surface area contributed by atoms with Crippen LogP contribution in [-0.4, -0.2) is 72.4 Å². The highest BCUT2D eigenvalue weighted by molar-refractivity contribution is 8.00. The number of fused-ring (bicyclic) bond motifs is 2. The molecule has 14 heteroatoms. The summed E-state index contributed by atoms with van der Waals surface area (Å²) in [6.07, 6.45) is -1.90. The number of rotatable bonds is 8. The highest BCUT2D eigenvalue weighted by Crippen LogP contribution is 2.43. The summed E-state index contributed by atoms with van der Waals surface area (Å²) in [6.45, 7) is 1.87. The lowest BCUT2D eigenvalue weighted by Gasteiger charge is -2.31. The van der Waals surface area contributed by atoms with Crippen LogP contribution in [0.1, 0.15) is 37.0 Å². The average molecular weight is 488 g/mol. The molecule has 0 radical (unpaired) electrons. The van der Waals surface area contributed by atoms with E-state index in [-0.39, 0.29) is 51.1 Å². The van der Waals surface area contributed by atoms with E-state index in [2.05, 4.69) is 27.1 Å². The first-order chi connectivity index (χ1) is 15.7. The number of aliphatic hydroxyl groups is 1. The van der Waals surface area contributed by atoms with Crippen LogP contribution in [0.4, 0.5) is 24.9 Å². The lowest BCUT2D eigenvalue weighted by Crippen LogP contribution is -2.38. The van der Waals surface area contributed by atoms with Gasteiger partial charge in [0.15, 0.2) is 5.82 Å². The van der Waals surface area contributed by atoms with E-state index in [1.807, 2.05) is 4.90 Å². The number of aromatic nitrogens is 5. The molecule has 0 aromatic carbocycles. The first kappa shape index (κ1) is 23.5. The summed E-state index contributed by atoms with van der Waals surface area (Å²) in [6, 6.07) is 0. The zero-order chi connectivity index (χ0) is 23.8. The van der Waals surface area contributed by atoms with Crippen LogP contribution >= 0.6 is 11.8 Å². The zero-order valence-corrected chi connectivity index (χ0v) is 18.7. The molecule has 0 fully saturated rings. The molecule has 0 saturated carbocycles. The highest BCUT2D eigenvalue weighted by atomic mass is 32.2. The van der Waals surface area contributed by atoms with Gasteiger partial charge in [-0.15, -0.1) is 22.0 Å². The quantitative estimate of drug-likeness (QED) is 0.533. The Labute approximate surface area is 191 Å². The lowest BCUT2D eigenvalue weighted by atomic mass is 10.1. The van der Waals surface area contributed by atoms with Crippen molar-refractivity contribution in [1.29, 1.82) is 0 Å². The van der Waals surface area contributed by atoms with Gasteiger partial charge in [-0.3, -0.25) is 4.79 Å². The van der Waals surface area contributed by atoms with Gasteiger partial charge in [0.05, 0.1) is 13.2 Å². The SMILES string of the molecule is CCCC1Cc2c(nc(N(CCO)CC(=O)O)nc2N2CCn3c(nnc3C(F)(F)F)C2)S1. The number of thioether (sulfide) groups is 1. The molecule has 2 aromatic rings. The number of carboxylic acid groups (broad SMARTS) is 1. The first-order valence-electron chi connectivity index (χ1n) is 10.6. The Hall–Kier alpha value is -2.61. The van der Waals surface area contributed by atoms with Crippen LogP contribution in [-0.2, 0) is 30.5 Å². The fraction of sp³-hybridized carbons (Fsp3) is 0.632. The lowest BCUT2D eigenvalue weighted by molar-refractivity contribution is -0.147. The van der Waals surface area contributed by atoms with E-state index in [9.17, 15) is 28.2 Å². The van der Waals surface area contributed by atoms with Crippen molar-refractivity contribution in [2.45, 2.75) is 55.7 Å². The summed E-state index contributed by atoms with van der Waals surface area (Å²) in [5, 5.41) is 26.8. The molecule has 10 nitrogen and oxygen atoms in total. The molecule has 2 N–H and O–H groups in total. The Morgan fingerprint density at radius 3 is 2.73 bits per heavy atom. The number of nitrogens with zero attached hydrogens (tertiary/aromatic N) is 7. The Morgan fingerprint density at radius 1 is 1.27 bits per heavy atom. The average Bonchev–Trinajstić information content (AvgIpc) is 3.35. The summed E-state index contributed by atoms with van der Waals surface area (Å²) in [7, 11) is 0. The molecule has 1 atom stereocenters. The third-order valence-corrected chi connectivity index (χ3v) is 6.84. The van der Waals surface area contributed by atoms with Crippen LogP contribution in [0.25, 0.3) is 0 Å². The summed E-state index contributed by atoms with van der Waals surface area (Å²) in [5.41, 5.74) is 0.908. The van der Waals surface area contributed by atoms with E-state index in [1.165, 1.54) is 4.90 Å². The van der Waals surface area contributed by atoms with E-state index in [0.29, 0.717) is 11.1 Å². The molecule has 0 amide bonds. The Balaban J connectivity index is 1.70. The van der Waals surface area contributed by atoms with E-state index in [1.54, 1.807) is 11.8 Å². The number of halogens is 3. The van der Waals surface area contributed by atoms with Crippen molar-refractivity contribution in [3.05, 3.63) is 17.2 Å². The molecular formula is C19H24F3N7O3S. The van der Waals surface area contributed by atoms with Crippen LogP contribution in [0.5, 0.6) is 0 Å². The van der Waals surface area contributed by atoms with Crippen molar-refractivity contribution in [2.24, 2.45) is 0 Å². The van der Waals surface area contributed by atoms with Gasteiger partial charge in [0, 0.05) is 30.4 Å². The van der Waals surface area contributed by atoms with Crippen molar-refractivity contribution < 1.29 is 28.2 Å². The van der Waals surface area contributed by atoms with Crippen molar-refractivity contribution >= 4 is 29.5 Å². The topological polar surface area (TPSA) is 120 Å². The number of carbonyl (C=O) groups is 1. The minimum Gasteiger partial charge on any atom is -0.480 e. The monoisotopic (exact) mass is 487 g/mol. The number of aliphatic carboxylic acids is 1. The van der Waals surface area contributed by atoms with Crippen LogP contribution in [0.15, 0.2) is 5.03 Å². The summed E-state index contributed by atoms with van der Waals surface area (Å²) >= 11 is 1.60. The van der Waals surface area contributed by atoms with Gasteiger partial charge in [-0.1, -0.05) is 13.3 Å². The van der Waals surface area contributed by atoms with Crippen LogP contribution in [0.3, 0.4) is 0 Å². The summed E-state index contributed by atoms with van der Waals surface area (Å²) in [4.78, 5) is 23.8. The highest BCUT2D eigenvalue weighted by Gasteiger charge is 2.40. The minimum atomic E-state index is -4.58. The maximum absolute atomic E-state index is 13.2. The van der Waals surface area contributed by atoms with Crippen LogP contribution < -0.4 is 9.80 Å². The molecule has 4 rings (SSSR count). The Morgan fingerprint density at radius 2 is 2.06 bits per heavy atom. The molecule has 0 saturated heterocycles. The molecule has 2 aliphatic rings. The predicted octanol–water partition coefficient (Wildman–Crippen LogP) is 1.81. The number of anilines is 2. The number of aliphatic hydroxyl groups excluding tert-OH is 1. The second kappa shape index (κ2) is 9.33. The molecule has 0 spiro atoms. The number of alkyl halides is 3. The Kier molecular flexibility index (Phi) is 6.66. The molecule has 4 heterocycles. The van der Waals surface area contributed by atoms with Gasteiger partial charge in [0.2, 0.25) is 11.8 Å². The molecule has 0 aliphatic carbocycles. The third kappa shape index (κ3) is 4.86. The zero-order valence-electron chi connectivity index (χ0n) is 17.9. The number of carboxylic acids is 1. The van der Waals surface area contributed by atoms with Crippen LogP contribution in [0, 0.1) is 0 Å². The third-order valence-electron chi connectivity index (χ3n) is 5.54. The van der Waals surface area contributed by atoms with E-state index < -0.39 is 18.0 Å². The maximum Gasteiger partial charge on any atom is 0.451 e. The summed E-state index contributed by atoms with van der Waals surface area (Å²) in [5.74, 6) is -1.17. The molecule has 1 unspecified atom stereocenters. The van der Waals surface area contributed by atoms with Crippen LogP contribution in [0.2, 0.25) is 0 Å². The second-order valence-corrected chi connectivity index (χ2v) is 9.20. The number of hydrogen-bond donors (Lipinski definition) is 2. The molecule has 2 aromatic heterocycles. The Bertz CT molecular complexity index is 1030. The van der Waals surface area contributed by atoms with Crippen molar-refractivity contribution in [3.63, 3.8) is 0 Å². The standard InChI is InChI=1S/C19H24F3N7O3S/c1-2-3-11-8-12-15(23-18(24-16(12)33-11)28(6-7-30)10-14(31)32)27-4-5-29-13(9-27)25-26-17(29)19(20,21)22/h11,30H,2-10H2,1H3,(H,31,32). The van der Waals surface area contributed by atoms with Gasteiger partial charge < -0.3 is 24.6 Å². The predicted molar refractivity (Wildman–Crippen MR) is 113 cm³/mol. The molecule has 33 heavy (non-hydrogen) atoms. The van der Waals surface area contributed by atoms with E-state index >= 15 is 0 Å². The first-order valence-corrected chi connectivity index (χ1v) is 11.5. The smallest absolute Gasteiger partial charge is 0.451 e. The van der Waals surface area contributed by atoms with Crippen molar-refractivity contribution in [3.8, 4) is 0 Å². The molecule has 2 aliphatic heterocycles. The van der Waals surface area contributed by atoms with Gasteiger partial charge in [0.1, 0.15) is 17.4 Å². The number of hydrogen-bond acceptors (Lipinski definition) is 9. The van der Waals surface area contributed by atoms with Gasteiger partial charge in [-0.25, -0.2) is 4.98 Å². The van der Waals surface area contributed by atoms with Crippen molar-refractivity contribution in [2.75, 3.05) is 36.0 Å². The summed E-state index contributed by atoms with van der Waals surface area (Å²) < 4.78 is 40.7. The van der Waals surface area contributed by atoms with Gasteiger partial charge in [-0.05, 0) is 12.8 Å². The fourth-order valence-electron chi connectivity index (χ4n) is 4.11. The van der Waals surface area contributed by atoms with Gasteiger partial charge >= 0.3 is 12.1 Å². The molecule has 180 valence electrons. The molecular weight excluding hydrogens is 463 g/mol. The van der Waals surface area contributed by atoms with E-state index in [0.717, 1.165) is 34.4 Å². The fourth-order valence-corrected chi connectivity index (χ4v) is 5.48. The largest absolute Gasteiger partial charge is 0.480 e. The molecule has 0 bridgehead atoms. The van der Waals surface area contributed by atoms with Crippen molar-refractivity contribution in [1.82, 2.24) is 24.7 Å². The van der Waals surface area contributed by atoms with Gasteiger partial charge in [-0.2, -0.15) is 18.2 Å². The minimum absolute atomic E-state index is 0.0385. The normalized spacial score (nSPS) is 17.7. The second-order valence-electron chi connectivity index (χ2n) is 7.91. The maximum atomic E-state index is 13.2. The van der Waals surface area contributed by atoms with Gasteiger partial charge in [0.25, 0.3) is 0 Å². The van der Waals surface area contributed by atoms with E-state index in [4.69, 9.17) is 0 Å².